The zero-order valence-corrected chi connectivity index (χ0v) is 7.36. The fraction of sp³-hybridized carbons (Fsp3) is 0.667. The van der Waals surface area contributed by atoms with E-state index in [1.165, 1.54) is 0 Å². The molecular formula is C6H9BrN2. The fourth-order valence-electron chi connectivity index (χ4n) is 0.600. The van der Waals surface area contributed by atoms with Crippen LogP contribution in [0, 0.1) is 0 Å². The van der Waals surface area contributed by atoms with Gasteiger partial charge in [0.1, 0.15) is 4.32 Å². The monoisotopic (exact) mass is 188 g/mol. The van der Waals surface area contributed by atoms with Crippen LogP contribution in [0.4, 0.5) is 0 Å². The molecule has 0 aromatic carbocycles. The van der Waals surface area contributed by atoms with Gasteiger partial charge in [-0.05, 0) is 20.8 Å². The third-order valence-corrected chi connectivity index (χ3v) is 2.86. The molecule has 1 rings (SSSR count). The Bertz CT molecular complexity index is 171. The standard InChI is InChI=1S/C6H9BrN2/c1-4-6(3,7)5(2)9-8-4/h1-3H3. The average Bonchev–Trinajstić information content (AvgIpc) is 1.96. The van der Waals surface area contributed by atoms with Crippen LogP contribution >= 0.6 is 15.9 Å². The second kappa shape index (κ2) is 1.90. The summed E-state index contributed by atoms with van der Waals surface area (Å²) in [5, 5.41) is 7.86. The third kappa shape index (κ3) is 0.936. The van der Waals surface area contributed by atoms with Crippen LogP contribution in [0.2, 0.25) is 0 Å². The summed E-state index contributed by atoms with van der Waals surface area (Å²) < 4.78 is -0.0764. The third-order valence-electron chi connectivity index (χ3n) is 1.71. The molecule has 0 aliphatic carbocycles. The molecule has 50 valence electrons. The first-order chi connectivity index (χ1) is 4.05. The first-order valence-corrected chi connectivity index (χ1v) is 3.63. The van der Waals surface area contributed by atoms with Crippen LogP contribution in [0.1, 0.15) is 20.8 Å². The van der Waals surface area contributed by atoms with Gasteiger partial charge in [0.2, 0.25) is 0 Å². The summed E-state index contributed by atoms with van der Waals surface area (Å²) in [4.78, 5) is 0. The molecule has 0 fully saturated rings. The number of rotatable bonds is 0. The normalized spacial score (nSPS) is 23.6. The van der Waals surface area contributed by atoms with E-state index in [4.69, 9.17) is 0 Å². The molecule has 1 aliphatic heterocycles. The summed E-state index contributed by atoms with van der Waals surface area (Å²) in [5.74, 6) is 0. The van der Waals surface area contributed by atoms with Crippen LogP contribution in [-0.2, 0) is 0 Å². The van der Waals surface area contributed by atoms with E-state index < -0.39 is 0 Å². The summed E-state index contributed by atoms with van der Waals surface area (Å²) in [6, 6.07) is 0. The molecule has 0 saturated heterocycles. The molecule has 0 N–H and O–H groups in total. The smallest absolute Gasteiger partial charge is 0.102 e. The van der Waals surface area contributed by atoms with Gasteiger partial charge in [0.25, 0.3) is 0 Å². The Labute approximate surface area is 63.2 Å². The second-order valence-electron chi connectivity index (χ2n) is 2.37. The number of halogens is 1. The minimum absolute atomic E-state index is 0.0764. The molecule has 0 atom stereocenters. The van der Waals surface area contributed by atoms with Gasteiger partial charge in [-0.15, -0.1) is 0 Å². The lowest BCUT2D eigenvalue weighted by Crippen LogP contribution is -2.30. The van der Waals surface area contributed by atoms with Gasteiger partial charge in [-0.1, -0.05) is 15.9 Å². The number of nitrogens with zero attached hydrogens (tertiary/aromatic N) is 2. The Balaban J connectivity index is 2.96. The molecule has 0 aromatic heterocycles. The zero-order valence-electron chi connectivity index (χ0n) is 5.77. The molecule has 1 heterocycles. The van der Waals surface area contributed by atoms with E-state index in [-0.39, 0.29) is 4.32 Å². The Morgan fingerprint density at radius 3 is 1.67 bits per heavy atom. The van der Waals surface area contributed by atoms with E-state index in [1.54, 1.807) is 0 Å². The highest BCUT2D eigenvalue weighted by atomic mass is 79.9. The highest BCUT2D eigenvalue weighted by molar-refractivity contribution is 9.10. The van der Waals surface area contributed by atoms with E-state index in [0.717, 1.165) is 11.4 Å². The summed E-state index contributed by atoms with van der Waals surface area (Å²) in [6.45, 7) is 5.99. The van der Waals surface area contributed by atoms with Gasteiger partial charge < -0.3 is 0 Å². The lowest BCUT2D eigenvalue weighted by molar-refractivity contribution is 1.16. The Morgan fingerprint density at radius 2 is 1.56 bits per heavy atom. The second-order valence-corrected chi connectivity index (χ2v) is 3.96. The van der Waals surface area contributed by atoms with Crippen LogP contribution in [0.5, 0.6) is 0 Å². The van der Waals surface area contributed by atoms with Gasteiger partial charge in [0.15, 0.2) is 0 Å². The van der Waals surface area contributed by atoms with Crippen molar-refractivity contribution in [2.45, 2.75) is 25.1 Å². The Kier molecular flexibility index (Phi) is 1.47. The molecule has 0 radical (unpaired) electrons. The van der Waals surface area contributed by atoms with Gasteiger partial charge in [-0.25, -0.2) is 0 Å². The van der Waals surface area contributed by atoms with Gasteiger partial charge in [-0.2, -0.15) is 10.2 Å². The van der Waals surface area contributed by atoms with Crippen molar-refractivity contribution >= 4 is 27.4 Å². The first kappa shape index (κ1) is 6.93. The lowest BCUT2D eigenvalue weighted by atomic mass is 10.0. The van der Waals surface area contributed by atoms with Crippen molar-refractivity contribution in [2.75, 3.05) is 0 Å². The SMILES string of the molecule is CC1=NN=C(C)C1(C)Br. The van der Waals surface area contributed by atoms with Crippen LogP contribution in [-0.4, -0.2) is 15.7 Å². The molecule has 0 unspecified atom stereocenters. The lowest BCUT2D eigenvalue weighted by Gasteiger charge is -2.14. The van der Waals surface area contributed by atoms with Crippen LogP contribution in [0.3, 0.4) is 0 Å². The van der Waals surface area contributed by atoms with Crippen LogP contribution in [0.25, 0.3) is 0 Å². The van der Waals surface area contributed by atoms with Gasteiger partial charge in [-0.3, -0.25) is 0 Å². The maximum Gasteiger partial charge on any atom is 0.102 e. The molecule has 0 bridgehead atoms. The molecule has 1 aliphatic rings. The Hall–Kier alpha value is -0.180. The summed E-state index contributed by atoms with van der Waals surface area (Å²) in [5.41, 5.74) is 2.06. The van der Waals surface area contributed by atoms with Crippen molar-refractivity contribution in [1.29, 1.82) is 0 Å². The summed E-state index contributed by atoms with van der Waals surface area (Å²) in [7, 11) is 0. The van der Waals surface area contributed by atoms with E-state index in [9.17, 15) is 0 Å². The molecule has 0 saturated carbocycles. The van der Waals surface area contributed by atoms with E-state index in [2.05, 4.69) is 33.1 Å². The maximum absolute atomic E-state index is 3.93. The van der Waals surface area contributed by atoms with Crippen molar-refractivity contribution in [3.8, 4) is 0 Å². The van der Waals surface area contributed by atoms with Crippen molar-refractivity contribution in [2.24, 2.45) is 10.2 Å². The zero-order chi connectivity index (χ0) is 7.07. The van der Waals surface area contributed by atoms with E-state index in [1.807, 2.05) is 13.8 Å². The van der Waals surface area contributed by atoms with Crippen molar-refractivity contribution in [1.82, 2.24) is 0 Å². The van der Waals surface area contributed by atoms with Crippen molar-refractivity contribution in [3.63, 3.8) is 0 Å². The maximum atomic E-state index is 3.93. The van der Waals surface area contributed by atoms with Crippen LogP contribution < -0.4 is 0 Å². The van der Waals surface area contributed by atoms with Gasteiger partial charge in [0, 0.05) is 0 Å². The van der Waals surface area contributed by atoms with Gasteiger partial charge >= 0.3 is 0 Å². The molecule has 2 nitrogen and oxygen atoms in total. The van der Waals surface area contributed by atoms with E-state index >= 15 is 0 Å². The predicted octanol–water partition coefficient (Wildman–Crippen LogP) is 1.99. The average molecular weight is 189 g/mol. The number of hydrogen-bond acceptors (Lipinski definition) is 2. The molecule has 0 aromatic rings. The number of alkyl halides is 1. The molecule has 0 spiro atoms. The minimum atomic E-state index is -0.0764. The van der Waals surface area contributed by atoms with E-state index in [0.29, 0.717) is 0 Å². The van der Waals surface area contributed by atoms with Crippen molar-refractivity contribution in [3.05, 3.63) is 0 Å². The largest absolute Gasteiger partial charge is 0.159 e. The highest BCUT2D eigenvalue weighted by Gasteiger charge is 2.31. The topological polar surface area (TPSA) is 24.7 Å². The molecule has 3 heteroatoms. The molecule has 0 amide bonds. The van der Waals surface area contributed by atoms with Gasteiger partial charge in [0.05, 0.1) is 11.4 Å². The summed E-state index contributed by atoms with van der Waals surface area (Å²) in [6.07, 6.45) is 0. The van der Waals surface area contributed by atoms with Crippen LogP contribution in [0.15, 0.2) is 10.2 Å². The number of hydrogen-bond donors (Lipinski definition) is 0. The predicted molar refractivity (Wildman–Crippen MR) is 43.6 cm³/mol. The molecule has 9 heavy (non-hydrogen) atoms. The van der Waals surface area contributed by atoms with Crippen molar-refractivity contribution < 1.29 is 0 Å². The quantitative estimate of drug-likeness (QED) is 0.520. The first-order valence-electron chi connectivity index (χ1n) is 2.84. The summed E-state index contributed by atoms with van der Waals surface area (Å²) >= 11 is 3.51. The minimum Gasteiger partial charge on any atom is -0.159 e. The highest BCUT2D eigenvalue weighted by Crippen LogP contribution is 2.25. The Morgan fingerprint density at radius 1 is 1.22 bits per heavy atom. The fourth-order valence-corrected chi connectivity index (χ4v) is 0.758. The molecular weight excluding hydrogens is 180 g/mol.